The number of benzene rings is 2. The van der Waals surface area contributed by atoms with Gasteiger partial charge in [-0.15, -0.1) is 0 Å². The highest BCUT2D eigenvalue weighted by Crippen LogP contribution is 2.31. The molecule has 0 aliphatic carbocycles. The summed E-state index contributed by atoms with van der Waals surface area (Å²) in [7, 11) is 0. The number of hydrogen-bond donors (Lipinski definition) is 4. The summed E-state index contributed by atoms with van der Waals surface area (Å²) >= 11 is 0. The van der Waals surface area contributed by atoms with E-state index in [1.54, 1.807) is 48.7 Å². The summed E-state index contributed by atoms with van der Waals surface area (Å²) in [5.41, 5.74) is 2.99. The predicted molar refractivity (Wildman–Crippen MR) is 117 cm³/mol. The van der Waals surface area contributed by atoms with Crippen LogP contribution in [-0.4, -0.2) is 44.0 Å². The third kappa shape index (κ3) is 4.65. The summed E-state index contributed by atoms with van der Waals surface area (Å²) < 4.78 is 13.2. The van der Waals surface area contributed by atoms with Crippen molar-refractivity contribution in [2.45, 2.75) is 12.5 Å². The average Bonchev–Trinajstić information content (AvgIpc) is 3.29. The number of H-pyrrole nitrogens is 1. The van der Waals surface area contributed by atoms with Gasteiger partial charge in [-0.05, 0) is 54.1 Å². The van der Waals surface area contributed by atoms with Crippen molar-refractivity contribution in [2.24, 2.45) is 0 Å². The lowest BCUT2D eigenvalue weighted by Crippen LogP contribution is -2.39. The van der Waals surface area contributed by atoms with Crippen LogP contribution in [0.5, 0.6) is 5.75 Å². The van der Waals surface area contributed by atoms with Gasteiger partial charge in [-0.2, -0.15) is 5.10 Å². The van der Waals surface area contributed by atoms with Crippen LogP contribution in [0.4, 0.5) is 4.39 Å². The van der Waals surface area contributed by atoms with E-state index in [0.717, 1.165) is 11.3 Å². The van der Waals surface area contributed by atoms with Crippen molar-refractivity contribution in [3.8, 4) is 28.3 Å². The Hall–Kier alpha value is -4.04. The molecule has 0 radical (unpaired) electrons. The maximum Gasteiger partial charge on any atom is 0.256 e. The molecule has 2 heterocycles. The Labute approximate surface area is 183 Å². The lowest BCUT2D eigenvalue weighted by molar-refractivity contribution is 0.0914. The molecule has 8 heteroatoms. The standard InChI is InChI=1S/C24H21FN4O3/c25-16-9-7-15(8-10-16)20-13-21(29-28-20)19-5-3-6-22(31)23(19)24(32)27-18(14-30)12-17-4-1-2-11-26-17/h1-11,13,18,30-31H,12,14H2,(H,27,32)(H,28,29)/t18-/m1/s1. The maximum atomic E-state index is 13.2. The number of phenols is 1. The summed E-state index contributed by atoms with van der Waals surface area (Å²) in [6, 6.07) is 17.2. The van der Waals surface area contributed by atoms with Crippen molar-refractivity contribution in [3.63, 3.8) is 0 Å². The van der Waals surface area contributed by atoms with E-state index in [1.165, 1.54) is 18.2 Å². The number of carbonyl (C=O) groups excluding carboxylic acids is 1. The van der Waals surface area contributed by atoms with Crippen molar-refractivity contribution in [1.29, 1.82) is 0 Å². The Balaban J connectivity index is 1.60. The van der Waals surface area contributed by atoms with Gasteiger partial charge in [0.15, 0.2) is 0 Å². The molecule has 4 N–H and O–H groups in total. The van der Waals surface area contributed by atoms with Gasteiger partial charge < -0.3 is 15.5 Å². The van der Waals surface area contributed by atoms with Gasteiger partial charge >= 0.3 is 0 Å². The smallest absolute Gasteiger partial charge is 0.256 e. The number of carbonyl (C=O) groups is 1. The van der Waals surface area contributed by atoms with E-state index >= 15 is 0 Å². The predicted octanol–water partition coefficient (Wildman–Crippen LogP) is 3.32. The average molecular weight is 432 g/mol. The van der Waals surface area contributed by atoms with E-state index in [0.29, 0.717) is 23.4 Å². The first-order chi connectivity index (χ1) is 15.5. The molecule has 4 aromatic rings. The molecular weight excluding hydrogens is 411 g/mol. The van der Waals surface area contributed by atoms with Crippen molar-refractivity contribution in [2.75, 3.05) is 6.61 Å². The molecule has 0 bridgehead atoms. The normalized spacial score (nSPS) is 11.8. The number of nitrogens with one attached hydrogen (secondary N) is 2. The second-order valence-corrected chi connectivity index (χ2v) is 7.25. The molecule has 7 nitrogen and oxygen atoms in total. The second-order valence-electron chi connectivity index (χ2n) is 7.25. The van der Waals surface area contributed by atoms with E-state index in [9.17, 15) is 19.4 Å². The minimum absolute atomic E-state index is 0.0455. The molecule has 0 saturated carbocycles. The fourth-order valence-corrected chi connectivity index (χ4v) is 3.42. The van der Waals surface area contributed by atoms with Gasteiger partial charge in [0.2, 0.25) is 0 Å². The van der Waals surface area contributed by atoms with Crippen molar-refractivity contribution in [1.82, 2.24) is 20.5 Å². The van der Waals surface area contributed by atoms with Gasteiger partial charge in [0.25, 0.3) is 5.91 Å². The molecule has 0 unspecified atom stereocenters. The van der Waals surface area contributed by atoms with Crippen LogP contribution >= 0.6 is 0 Å². The summed E-state index contributed by atoms with van der Waals surface area (Å²) in [4.78, 5) is 17.3. The largest absolute Gasteiger partial charge is 0.507 e. The number of halogens is 1. The number of pyridine rings is 1. The van der Waals surface area contributed by atoms with Crippen molar-refractivity contribution < 1.29 is 19.4 Å². The zero-order chi connectivity index (χ0) is 22.5. The molecule has 1 atom stereocenters. The summed E-state index contributed by atoms with van der Waals surface area (Å²) in [5, 5.41) is 30.1. The Morgan fingerprint density at radius 3 is 2.62 bits per heavy atom. The van der Waals surface area contributed by atoms with Crippen LogP contribution in [0, 0.1) is 5.82 Å². The number of hydrogen-bond acceptors (Lipinski definition) is 5. The van der Waals surface area contributed by atoms with Crippen LogP contribution in [0.3, 0.4) is 0 Å². The van der Waals surface area contributed by atoms with E-state index < -0.39 is 11.9 Å². The lowest BCUT2D eigenvalue weighted by atomic mass is 10.0. The topological polar surface area (TPSA) is 111 Å². The molecule has 0 spiro atoms. The monoisotopic (exact) mass is 432 g/mol. The number of phenolic OH excluding ortho intramolecular Hbond substituents is 1. The number of rotatable bonds is 7. The molecular formula is C24H21FN4O3. The number of aromatic nitrogens is 3. The van der Waals surface area contributed by atoms with Gasteiger partial charge in [-0.1, -0.05) is 18.2 Å². The Kier molecular flexibility index (Phi) is 6.23. The molecule has 0 aliphatic heterocycles. The Morgan fingerprint density at radius 1 is 1.09 bits per heavy atom. The van der Waals surface area contributed by atoms with E-state index in [-0.39, 0.29) is 23.7 Å². The third-order valence-corrected chi connectivity index (χ3v) is 5.02. The van der Waals surface area contributed by atoms with Gasteiger partial charge in [-0.3, -0.25) is 14.9 Å². The van der Waals surface area contributed by atoms with Gasteiger partial charge in [0.05, 0.1) is 29.6 Å². The molecule has 2 aromatic heterocycles. The van der Waals surface area contributed by atoms with Crippen LogP contribution in [0.25, 0.3) is 22.5 Å². The van der Waals surface area contributed by atoms with Crippen LogP contribution in [0.1, 0.15) is 16.1 Å². The first kappa shape index (κ1) is 21.2. The van der Waals surface area contributed by atoms with Gasteiger partial charge in [-0.25, -0.2) is 4.39 Å². The highest BCUT2D eigenvalue weighted by atomic mass is 19.1. The Bertz CT molecular complexity index is 1210. The summed E-state index contributed by atoms with van der Waals surface area (Å²) in [6.07, 6.45) is 1.98. The first-order valence-corrected chi connectivity index (χ1v) is 10.0. The second kappa shape index (κ2) is 9.40. The molecule has 0 aliphatic rings. The number of aromatic hydroxyl groups is 1. The highest BCUT2D eigenvalue weighted by Gasteiger charge is 2.22. The van der Waals surface area contributed by atoms with E-state index in [2.05, 4.69) is 20.5 Å². The third-order valence-electron chi connectivity index (χ3n) is 5.02. The van der Waals surface area contributed by atoms with Crippen LogP contribution in [0.2, 0.25) is 0 Å². The summed E-state index contributed by atoms with van der Waals surface area (Å²) in [6.45, 7) is -0.289. The molecule has 4 rings (SSSR count). The number of nitrogens with zero attached hydrogens (tertiary/aromatic N) is 2. The molecule has 1 amide bonds. The fourth-order valence-electron chi connectivity index (χ4n) is 3.42. The zero-order valence-electron chi connectivity index (χ0n) is 17.0. The van der Waals surface area contributed by atoms with E-state index in [1.807, 2.05) is 6.07 Å². The zero-order valence-corrected chi connectivity index (χ0v) is 17.0. The lowest BCUT2D eigenvalue weighted by Gasteiger charge is -2.17. The van der Waals surface area contributed by atoms with Gasteiger partial charge in [0, 0.05) is 23.9 Å². The minimum Gasteiger partial charge on any atom is -0.507 e. The fraction of sp³-hybridized carbons (Fsp3) is 0.125. The molecule has 162 valence electrons. The first-order valence-electron chi connectivity index (χ1n) is 10.0. The quantitative estimate of drug-likeness (QED) is 0.358. The van der Waals surface area contributed by atoms with Crippen LogP contribution in [0.15, 0.2) is 72.9 Å². The number of amides is 1. The van der Waals surface area contributed by atoms with E-state index in [4.69, 9.17) is 0 Å². The molecule has 0 saturated heterocycles. The molecule has 0 fully saturated rings. The Morgan fingerprint density at radius 2 is 1.91 bits per heavy atom. The van der Waals surface area contributed by atoms with Crippen LogP contribution < -0.4 is 5.32 Å². The number of aliphatic hydroxyl groups excluding tert-OH is 1. The van der Waals surface area contributed by atoms with Crippen LogP contribution in [-0.2, 0) is 6.42 Å². The number of aliphatic hydroxyl groups is 1. The molecule has 32 heavy (non-hydrogen) atoms. The van der Waals surface area contributed by atoms with Gasteiger partial charge in [0.1, 0.15) is 11.6 Å². The minimum atomic E-state index is -0.584. The highest BCUT2D eigenvalue weighted by molar-refractivity contribution is 6.03. The molecule has 2 aromatic carbocycles. The maximum absolute atomic E-state index is 13.2. The summed E-state index contributed by atoms with van der Waals surface area (Å²) in [5.74, 6) is -1.09. The van der Waals surface area contributed by atoms with Crippen molar-refractivity contribution in [3.05, 3.63) is 90.0 Å². The van der Waals surface area contributed by atoms with Crippen molar-refractivity contribution >= 4 is 5.91 Å². The SMILES string of the molecule is O=C(N[C@@H](CO)Cc1ccccn1)c1c(O)cccc1-c1cc(-c2ccc(F)cc2)[nH]n1. The number of aromatic amines is 1.